The molecule has 32 heavy (non-hydrogen) atoms. The monoisotopic (exact) mass is 429 g/mol. The van der Waals surface area contributed by atoms with Gasteiger partial charge < -0.3 is 0 Å². The maximum Gasteiger partial charge on any atom is 0.220 e. The molecule has 0 saturated heterocycles. The average Bonchev–Trinajstić information content (AvgIpc) is 3.55. The Morgan fingerprint density at radius 3 is 2.19 bits per heavy atom. The number of nitrogens with zero attached hydrogens (tertiary/aromatic N) is 5. The summed E-state index contributed by atoms with van der Waals surface area (Å²) in [5, 5.41) is 0. The third kappa shape index (κ3) is 1.98. The molecule has 0 aliphatic rings. The number of imidazole rings is 3. The number of thiazole rings is 1. The first-order chi connectivity index (χ1) is 15.9. The van der Waals surface area contributed by atoms with Gasteiger partial charge in [-0.2, -0.15) is 0 Å². The molecule has 8 rings (SSSR count). The van der Waals surface area contributed by atoms with E-state index in [1.807, 2.05) is 6.07 Å². The van der Waals surface area contributed by atoms with Crippen LogP contribution in [-0.2, 0) is 0 Å². The highest BCUT2D eigenvalue weighted by Crippen LogP contribution is 2.33. The van der Waals surface area contributed by atoms with Gasteiger partial charge in [-0.05, 0) is 54.6 Å². The highest BCUT2D eigenvalue weighted by Gasteiger charge is 2.18. The lowest BCUT2D eigenvalue weighted by Gasteiger charge is -2.06. The zero-order valence-electron chi connectivity index (χ0n) is 16.8. The quantitative estimate of drug-likeness (QED) is 0.301. The van der Waals surface area contributed by atoms with E-state index in [1.165, 1.54) is 10.2 Å². The van der Waals surface area contributed by atoms with E-state index in [-0.39, 0.29) is 0 Å². The molecular weight excluding hydrogens is 414 g/mol. The molecule has 0 fully saturated rings. The summed E-state index contributed by atoms with van der Waals surface area (Å²) in [7, 11) is 0. The lowest BCUT2D eigenvalue weighted by molar-refractivity contribution is 1.11. The van der Waals surface area contributed by atoms with Crippen molar-refractivity contribution in [3.8, 4) is 5.69 Å². The van der Waals surface area contributed by atoms with Crippen LogP contribution in [0.4, 0.5) is 0 Å². The van der Waals surface area contributed by atoms with Gasteiger partial charge in [0, 0.05) is 0 Å². The molecule has 0 aliphatic heterocycles. The number of hydrogen-bond donors (Lipinski definition) is 0. The number of rotatable bonds is 1. The molecule has 4 heterocycles. The van der Waals surface area contributed by atoms with Crippen molar-refractivity contribution < 1.29 is 0 Å². The van der Waals surface area contributed by atoms with E-state index in [0.29, 0.717) is 0 Å². The first kappa shape index (κ1) is 16.5. The SMILES string of the molecule is c1ccc2c(c1)nc1n(-c3ccc4nc5sc6ccccc6n5c4c3)c3ccccc3n21. The molecule has 6 heteroatoms. The van der Waals surface area contributed by atoms with Crippen molar-refractivity contribution in [2.24, 2.45) is 0 Å². The zero-order chi connectivity index (χ0) is 20.8. The van der Waals surface area contributed by atoms with Gasteiger partial charge in [-0.25, -0.2) is 9.97 Å². The summed E-state index contributed by atoms with van der Waals surface area (Å²) in [6.07, 6.45) is 0. The molecule has 4 aromatic carbocycles. The van der Waals surface area contributed by atoms with E-state index >= 15 is 0 Å². The third-order valence-electron chi connectivity index (χ3n) is 6.28. The highest BCUT2D eigenvalue weighted by atomic mass is 32.1. The number of aromatic nitrogens is 5. The van der Waals surface area contributed by atoms with Crippen molar-refractivity contribution in [1.82, 2.24) is 23.3 Å². The molecule has 0 spiro atoms. The molecule has 0 atom stereocenters. The van der Waals surface area contributed by atoms with Crippen molar-refractivity contribution in [2.75, 3.05) is 0 Å². The molecule has 150 valence electrons. The van der Waals surface area contributed by atoms with Crippen LogP contribution in [-0.4, -0.2) is 23.3 Å². The molecular formula is C26H15N5S. The second-order valence-electron chi connectivity index (χ2n) is 8.03. The molecule has 0 saturated carbocycles. The summed E-state index contributed by atoms with van der Waals surface area (Å²) in [4.78, 5) is 10.9. The van der Waals surface area contributed by atoms with Gasteiger partial charge >= 0.3 is 0 Å². The zero-order valence-corrected chi connectivity index (χ0v) is 17.6. The van der Waals surface area contributed by atoms with E-state index in [2.05, 4.69) is 98.3 Å². The molecule has 0 amide bonds. The summed E-state index contributed by atoms with van der Waals surface area (Å²) in [5.74, 6) is 0.919. The van der Waals surface area contributed by atoms with Crippen LogP contribution in [0, 0.1) is 0 Å². The Balaban J connectivity index is 1.53. The fraction of sp³-hybridized carbons (Fsp3) is 0. The van der Waals surface area contributed by atoms with Crippen molar-refractivity contribution in [2.45, 2.75) is 0 Å². The Morgan fingerprint density at radius 1 is 0.562 bits per heavy atom. The third-order valence-corrected chi connectivity index (χ3v) is 7.30. The molecule has 0 radical (unpaired) electrons. The highest BCUT2D eigenvalue weighted by molar-refractivity contribution is 7.23. The van der Waals surface area contributed by atoms with Crippen molar-refractivity contribution in [3.05, 3.63) is 91.0 Å². The van der Waals surface area contributed by atoms with E-state index in [9.17, 15) is 0 Å². The van der Waals surface area contributed by atoms with Gasteiger partial charge in [-0.3, -0.25) is 13.4 Å². The topological polar surface area (TPSA) is 39.5 Å². The lowest BCUT2D eigenvalue weighted by atomic mass is 10.2. The number of para-hydroxylation sites is 5. The minimum absolute atomic E-state index is 0.919. The van der Waals surface area contributed by atoms with Crippen LogP contribution in [0.5, 0.6) is 0 Å². The standard InChI is InChI=1S/C26H15N5S/c1-2-8-19-17(7-1)27-25-29(20-9-3-4-10-21(20)30(19)25)16-13-14-18-23(15-16)31-22-11-5-6-12-24(22)32-26(31)28-18/h1-15H. The molecule has 0 aliphatic carbocycles. The lowest BCUT2D eigenvalue weighted by Crippen LogP contribution is -1.95. The second kappa shape index (κ2) is 5.75. The number of benzene rings is 4. The Hall–Kier alpha value is -4.16. The van der Waals surface area contributed by atoms with Gasteiger partial charge in [0.2, 0.25) is 5.78 Å². The van der Waals surface area contributed by atoms with E-state index < -0.39 is 0 Å². The Bertz CT molecular complexity index is 2000. The van der Waals surface area contributed by atoms with Gasteiger partial charge in [-0.15, -0.1) is 0 Å². The molecule has 8 aromatic rings. The largest absolute Gasteiger partial charge is 0.283 e. The van der Waals surface area contributed by atoms with Crippen LogP contribution in [0.3, 0.4) is 0 Å². The van der Waals surface area contributed by atoms with Crippen LogP contribution in [0.25, 0.3) is 59.7 Å². The van der Waals surface area contributed by atoms with Crippen LogP contribution < -0.4 is 0 Å². The van der Waals surface area contributed by atoms with Crippen molar-refractivity contribution in [3.63, 3.8) is 0 Å². The van der Waals surface area contributed by atoms with Crippen LogP contribution >= 0.6 is 11.3 Å². The molecule has 4 aromatic heterocycles. The van der Waals surface area contributed by atoms with Crippen LogP contribution in [0.15, 0.2) is 91.0 Å². The average molecular weight is 430 g/mol. The summed E-state index contributed by atoms with van der Waals surface area (Å²) < 4.78 is 8.02. The summed E-state index contributed by atoms with van der Waals surface area (Å²) in [5.41, 5.74) is 8.80. The predicted octanol–water partition coefficient (Wildman–Crippen LogP) is 6.45. The fourth-order valence-corrected chi connectivity index (χ4v) is 5.95. The van der Waals surface area contributed by atoms with Crippen LogP contribution in [0.2, 0.25) is 0 Å². The minimum Gasteiger partial charge on any atom is -0.283 e. The van der Waals surface area contributed by atoms with Gasteiger partial charge in [-0.1, -0.05) is 47.7 Å². The second-order valence-corrected chi connectivity index (χ2v) is 9.04. The first-order valence-electron chi connectivity index (χ1n) is 10.5. The molecule has 0 N–H and O–H groups in total. The Kier molecular flexibility index (Phi) is 2.97. The maximum atomic E-state index is 5.00. The first-order valence-corrected chi connectivity index (χ1v) is 11.4. The summed E-state index contributed by atoms with van der Waals surface area (Å²) in [6, 6.07) is 31.8. The molecule has 5 nitrogen and oxygen atoms in total. The van der Waals surface area contributed by atoms with Crippen LogP contribution in [0.1, 0.15) is 0 Å². The van der Waals surface area contributed by atoms with Crippen molar-refractivity contribution >= 4 is 65.4 Å². The fourth-order valence-electron chi connectivity index (χ4n) is 4.91. The van der Waals surface area contributed by atoms with Gasteiger partial charge in [0.25, 0.3) is 0 Å². The van der Waals surface area contributed by atoms with Gasteiger partial charge in [0.05, 0.1) is 49.0 Å². The molecule has 0 bridgehead atoms. The van der Waals surface area contributed by atoms with E-state index in [1.54, 1.807) is 11.3 Å². The minimum atomic E-state index is 0.919. The predicted molar refractivity (Wildman–Crippen MR) is 131 cm³/mol. The van der Waals surface area contributed by atoms with Gasteiger partial charge in [0.15, 0.2) is 4.96 Å². The maximum absolute atomic E-state index is 5.00. The summed E-state index contributed by atoms with van der Waals surface area (Å²) in [6.45, 7) is 0. The normalized spacial score (nSPS) is 12.4. The smallest absolute Gasteiger partial charge is 0.220 e. The van der Waals surface area contributed by atoms with Crippen molar-refractivity contribution in [1.29, 1.82) is 0 Å². The Labute approximate surface area is 185 Å². The van der Waals surface area contributed by atoms with E-state index in [4.69, 9.17) is 9.97 Å². The Morgan fingerprint density at radius 2 is 1.28 bits per heavy atom. The van der Waals surface area contributed by atoms with Gasteiger partial charge in [0.1, 0.15) is 0 Å². The number of hydrogen-bond acceptors (Lipinski definition) is 3. The van der Waals surface area contributed by atoms with E-state index in [0.717, 1.165) is 49.5 Å². The molecule has 0 unspecified atom stereocenters. The summed E-state index contributed by atoms with van der Waals surface area (Å²) >= 11 is 1.73. The number of fused-ring (bicyclic) bond motifs is 10.